The Bertz CT molecular complexity index is 1230. The number of carbonyl (C=O) groups excluding carboxylic acids is 1. The van der Waals surface area contributed by atoms with Crippen molar-refractivity contribution in [2.24, 2.45) is 15.7 Å². The molecule has 0 heterocycles. The number of hydrogen-bond donors (Lipinski definition) is 2. The summed E-state index contributed by atoms with van der Waals surface area (Å²) in [5, 5.41) is 2.91. The minimum atomic E-state index is -0.310. The number of guanidine groups is 1. The van der Waals surface area contributed by atoms with Crippen molar-refractivity contribution in [3.63, 3.8) is 0 Å². The number of amides is 1. The zero-order chi connectivity index (χ0) is 28.0. The molecule has 3 rings (SSSR count). The van der Waals surface area contributed by atoms with Crippen LogP contribution in [0.1, 0.15) is 25.3 Å². The van der Waals surface area contributed by atoms with Gasteiger partial charge in [0.25, 0.3) is 0 Å². The van der Waals surface area contributed by atoms with Crippen molar-refractivity contribution in [1.29, 1.82) is 0 Å². The molecular weight excluding hydrogens is 478 g/mol. The Hall–Kier alpha value is -3.85. The van der Waals surface area contributed by atoms with Gasteiger partial charge in [-0.05, 0) is 37.6 Å². The molecule has 0 spiro atoms. The van der Waals surface area contributed by atoms with Crippen molar-refractivity contribution in [1.82, 2.24) is 0 Å². The van der Waals surface area contributed by atoms with Crippen LogP contribution in [0, 0.1) is 6.92 Å². The molecule has 9 nitrogen and oxygen atoms in total. The van der Waals surface area contributed by atoms with Gasteiger partial charge >= 0.3 is 0 Å². The van der Waals surface area contributed by atoms with Gasteiger partial charge in [-0.15, -0.1) is 0 Å². The van der Waals surface area contributed by atoms with E-state index in [1.165, 1.54) is 18.9 Å². The van der Waals surface area contributed by atoms with E-state index in [1.807, 2.05) is 63.2 Å². The van der Waals surface area contributed by atoms with Crippen LogP contribution < -0.4 is 25.6 Å². The lowest BCUT2D eigenvalue weighted by Crippen LogP contribution is -2.46. The Morgan fingerprint density at radius 3 is 2.53 bits per heavy atom. The van der Waals surface area contributed by atoms with Gasteiger partial charge in [0.05, 0.1) is 51.7 Å². The number of rotatable bonds is 10. The molecule has 0 atom stereocenters. The fourth-order valence-electron chi connectivity index (χ4n) is 4.40. The Labute approximate surface area is 226 Å². The van der Waals surface area contributed by atoms with E-state index in [0.717, 1.165) is 40.6 Å². The maximum Gasteiger partial charge on any atom is 0.247 e. The minimum absolute atomic E-state index is 0.0758. The van der Waals surface area contributed by atoms with Crippen LogP contribution in [0.5, 0.6) is 5.75 Å². The number of ether oxygens (including phenoxy) is 1. The molecule has 38 heavy (non-hydrogen) atoms. The molecule has 204 valence electrons. The quantitative estimate of drug-likeness (QED) is 0.211. The average Bonchev–Trinajstić information content (AvgIpc) is 3.73. The number of likely N-dealkylation sites (N-methyl/N-ethyl adjacent to an activating group) is 2. The third-order valence-electron chi connectivity index (χ3n) is 7.17. The number of anilines is 3. The maximum absolute atomic E-state index is 12.3. The fraction of sp³-hybridized carbons (Fsp3) is 0.414. The van der Waals surface area contributed by atoms with E-state index in [1.54, 1.807) is 13.2 Å². The van der Waals surface area contributed by atoms with Crippen LogP contribution in [0.2, 0.25) is 0 Å². The van der Waals surface area contributed by atoms with Gasteiger partial charge in [0.1, 0.15) is 17.3 Å². The molecule has 0 saturated heterocycles. The number of carbonyl (C=O) groups is 1. The summed E-state index contributed by atoms with van der Waals surface area (Å²) < 4.78 is 6.64. The minimum Gasteiger partial charge on any atom is -0.494 e. The van der Waals surface area contributed by atoms with E-state index in [-0.39, 0.29) is 11.9 Å². The van der Waals surface area contributed by atoms with Gasteiger partial charge in [-0.2, -0.15) is 0 Å². The lowest BCUT2D eigenvalue weighted by atomic mass is 10.2. The normalized spacial score (nSPS) is 14.2. The second-order valence-electron chi connectivity index (χ2n) is 10.4. The van der Waals surface area contributed by atoms with E-state index in [9.17, 15) is 4.79 Å². The molecule has 0 aliphatic heterocycles. The SMILES string of the molecule is C=CC(=O)Nc1cc(N=C(N)N=C(C)N(C)c2ccccc2C)c(OC)cc1N(C)CC[N+](C)(C)C1CC1. The molecule has 1 aliphatic rings. The van der Waals surface area contributed by atoms with E-state index in [2.05, 4.69) is 40.9 Å². The third kappa shape index (κ3) is 7.13. The van der Waals surface area contributed by atoms with Gasteiger partial charge in [-0.1, -0.05) is 24.8 Å². The molecule has 2 aromatic carbocycles. The number of para-hydroxylation sites is 1. The number of hydrogen-bond acceptors (Lipinski definition) is 4. The van der Waals surface area contributed by atoms with E-state index in [4.69, 9.17) is 10.5 Å². The predicted octanol–water partition coefficient (Wildman–Crippen LogP) is 4.30. The highest BCUT2D eigenvalue weighted by Crippen LogP contribution is 2.39. The highest BCUT2D eigenvalue weighted by atomic mass is 16.5. The first kappa shape index (κ1) is 28.7. The van der Waals surface area contributed by atoms with Gasteiger partial charge in [0.2, 0.25) is 11.9 Å². The first-order valence-electron chi connectivity index (χ1n) is 12.8. The van der Waals surface area contributed by atoms with Gasteiger partial charge in [-0.3, -0.25) is 4.79 Å². The molecule has 1 aliphatic carbocycles. The van der Waals surface area contributed by atoms with Crippen LogP contribution in [-0.4, -0.2) is 76.6 Å². The Morgan fingerprint density at radius 1 is 1.24 bits per heavy atom. The first-order chi connectivity index (χ1) is 18.0. The molecular formula is C29H42N7O2+. The molecule has 3 N–H and O–H groups in total. The Kier molecular flexibility index (Phi) is 9.17. The van der Waals surface area contributed by atoms with Gasteiger partial charge in [0, 0.05) is 38.7 Å². The molecule has 0 bridgehead atoms. The summed E-state index contributed by atoms with van der Waals surface area (Å²) in [4.78, 5) is 25.4. The summed E-state index contributed by atoms with van der Waals surface area (Å²) in [5.74, 6) is 0.984. The van der Waals surface area contributed by atoms with Crippen molar-refractivity contribution in [2.45, 2.75) is 32.7 Å². The Balaban J connectivity index is 1.92. The number of methoxy groups -OCH3 is 1. The highest BCUT2D eigenvalue weighted by molar-refractivity contribution is 6.04. The van der Waals surface area contributed by atoms with Crippen molar-refractivity contribution in [2.75, 3.05) is 63.5 Å². The molecule has 2 aromatic rings. The first-order valence-corrected chi connectivity index (χ1v) is 12.8. The smallest absolute Gasteiger partial charge is 0.247 e. The number of amidine groups is 1. The zero-order valence-corrected chi connectivity index (χ0v) is 23.8. The molecule has 0 unspecified atom stereocenters. The zero-order valence-electron chi connectivity index (χ0n) is 23.8. The average molecular weight is 521 g/mol. The van der Waals surface area contributed by atoms with Crippen LogP contribution >= 0.6 is 0 Å². The van der Waals surface area contributed by atoms with Gasteiger partial charge in [0.15, 0.2) is 0 Å². The van der Waals surface area contributed by atoms with Crippen molar-refractivity contribution in [3.8, 4) is 5.75 Å². The predicted molar refractivity (Wildman–Crippen MR) is 159 cm³/mol. The summed E-state index contributed by atoms with van der Waals surface area (Å²) in [5.41, 5.74) is 10.3. The van der Waals surface area contributed by atoms with E-state index >= 15 is 0 Å². The third-order valence-corrected chi connectivity index (χ3v) is 7.17. The monoisotopic (exact) mass is 520 g/mol. The summed E-state index contributed by atoms with van der Waals surface area (Å²) in [6, 6.07) is 12.4. The second kappa shape index (κ2) is 12.1. The number of aliphatic imine (C=N–C) groups is 2. The number of nitrogens with one attached hydrogen (secondary N) is 1. The number of aryl methyl sites for hydroxylation is 1. The van der Waals surface area contributed by atoms with Crippen molar-refractivity contribution >= 4 is 40.5 Å². The van der Waals surface area contributed by atoms with Crippen molar-refractivity contribution in [3.05, 3.63) is 54.6 Å². The molecule has 1 amide bonds. The Morgan fingerprint density at radius 2 is 1.92 bits per heavy atom. The van der Waals surface area contributed by atoms with Crippen molar-refractivity contribution < 1.29 is 14.0 Å². The topological polar surface area (TPSA) is 95.5 Å². The summed E-state index contributed by atoms with van der Waals surface area (Å²) in [6.45, 7) is 9.30. The second-order valence-corrected chi connectivity index (χ2v) is 10.4. The number of nitrogens with two attached hydrogens (primary N) is 1. The fourth-order valence-corrected chi connectivity index (χ4v) is 4.40. The lowest BCUT2D eigenvalue weighted by Gasteiger charge is -2.33. The van der Waals surface area contributed by atoms with Gasteiger partial charge in [-0.25, -0.2) is 9.98 Å². The maximum atomic E-state index is 12.3. The largest absolute Gasteiger partial charge is 0.494 e. The molecule has 1 saturated carbocycles. The number of benzene rings is 2. The summed E-state index contributed by atoms with van der Waals surface area (Å²) >= 11 is 0. The number of quaternary nitrogens is 1. The highest BCUT2D eigenvalue weighted by Gasteiger charge is 2.38. The van der Waals surface area contributed by atoms with Crippen LogP contribution in [-0.2, 0) is 4.79 Å². The summed E-state index contributed by atoms with van der Waals surface area (Å²) in [7, 11) is 10.1. The standard InChI is InChI=1S/C29H41N7O2/c1-9-28(37)32-23-18-24(33-29(30)31-21(3)35(5)25-13-11-10-12-20(25)2)27(38-8)19-26(23)34(4)16-17-36(6,7)22-14-15-22/h9-13,18-19,22H,1,14-17H2,2-8H3,(H2-,30,32,33,37)/p+1. The van der Waals surface area contributed by atoms with Crippen LogP contribution in [0.25, 0.3) is 0 Å². The number of nitrogens with zero attached hydrogens (tertiary/aromatic N) is 5. The molecule has 0 aromatic heterocycles. The van der Waals surface area contributed by atoms with Crippen LogP contribution in [0.4, 0.5) is 22.7 Å². The van der Waals surface area contributed by atoms with E-state index < -0.39 is 0 Å². The summed E-state index contributed by atoms with van der Waals surface area (Å²) in [6.07, 6.45) is 3.80. The van der Waals surface area contributed by atoms with E-state index in [0.29, 0.717) is 23.0 Å². The van der Waals surface area contributed by atoms with Crippen LogP contribution in [0.3, 0.4) is 0 Å². The molecule has 0 radical (unpaired) electrons. The van der Waals surface area contributed by atoms with Crippen LogP contribution in [0.15, 0.2) is 59.0 Å². The lowest BCUT2D eigenvalue weighted by molar-refractivity contribution is -0.899. The molecule has 9 heteroatoms. The van der Waals surface area contributed by atoms with Gasteiger partial charge < -0.3 is 30.1 Å². The molecule has 1 fully saturated rings.